The summed E-state index contributed by atoms with van der Waals surface area (Å²) in [6.07, 6.45) is 5.42. The van der Waals surface area contributed by atoms with Crippen molar-refractivity contribution in [2.75, 3.05) is 26.2 Å². The van der Waals surface area contributed by atoms with E-state index in [-0.39, 0.29) is 17.7 Å². The number of hydrogen-bond donors (Lipinski definition) is 1. The Morgan fingerprint density at radius 1 is 1.28 bits per heavy atom. The molecule has 2 amide bonds. The van der Waals surface area contributed by atoms with Gasteiger partial charge in [0.05, 0.1) is 5.92 Å². The number of aromatic amines is 1. The summed E-state index contributed by atoms with van der Waals surface area (Å²) in [4.78, 5) is 32.0. The molecule has 132 valence electrons. The highest BCUT2D eigenvalue weighted by molar-refractivity contribution is 5.89. The van der Waals surface area contributed by atoms with Gasteiger partial charge in [0.1, 0.15) is 0 Å². The number of amides is 2. The number of nitrogens with one attached hydrogen (secondary N) is 1. The third-order valence-corrected chi connectivity index (χ3v) is 5.56. The summed E-state index contributed by atoms with van der Waals surface area (Å²) in [6, 6.07) is 6.38. The van der Waals surface area contributed by atoms with E-state index in [2.05, 4.69) is 30.1 Å². The molecule has 0 saturated carbocycles. The van der Waals surface area contributed by atoms with Crippen molar-refractivity contribution in [3.8, 4) is 0 Å². The minimum Gasteiger partial charge on any atom is -0.361 e. The van der Waals surface area contributed by atoms with E-state index in [4.69, 9.17) is 0 Å². The van der Waals surface area contributed by atoms with Crippen LogP contribution < -0.4 is 0 Å². The lowest BCUT2D eigenvalue weighted by atomic mass is 10.1. The van der Waals surface area contributed by atoms with Gasteiger partial charge in [0.15, 0.2) is 0 Å². The van der Waals surface area contributed by atoms with Crippen LogP contribution in [0.3, 0.4) is 0 Å². The van der Waals surface area contributed by atoms with E-state index >= 15 is 0 Å². The highest BCUT2D eigenvalue weighted by atomic mass is 16.2. The molecule has 4 rings (SSSR count). The predicted octanol–water partition coefficient (Wildman–Crippen LogP) is 2.49. The molecule has 0 unspecified atom stereocenters. The fourth-order valence-electron chi connectivity index (χ4n) is 4.10. The third kappa shape index (κ3) is 3.15. The first-order valence-corrected chi connectivity index (χ1v) is 9.25. The second-order valence-electron chi connectivity index (χ2n) is 7.39. The van der Waals surface area contributed by atoms with Gasteiger partial charge >= 0.3 is 0 Å². The second-order valence-corrected chi connectivity index (χ2v) is 7.39. The maximum atomic E-state index is 12.5. The minimum absolute atomic E-state index is 0.119. The van der Waals surface area contributed by atoms with Crippen LogP contribution in [0.4, 0.5) is 0 Å². The number of H-pyrrole nitrogens is 1. The van der Waals surface area contributed by atoms with E-state index in [1.54, 1.807) is 0 Å². The molecule has 0 bridgehead atoms. The lowest BCUT2D eigenvalue weighted by Crippen LogP contribution is -2.35. The van der Waals surface area contributed by atoms with Gasteiger partial charge in [-0.25, -0.2) is 0 Å². The number of fused-ring (bicyclic) bond motifs is 1. The highest BCUT2D eigenvalue weighted by Crippen LogP contribution is 2.24. The average Bonchev–Trinajstić information content (AvgIpc) is 3.32. The van der Waals surface area contributed by atoms with E-state index in [1.165, 1.54) is 16.5 Å². The number of aromatic nitrogens is 1. The molecule has 2 aliphatic heterocycles. The number of benzene rings is 1. The van der Waals surface area contributed by atoms with Crippen molar-refractivity contribution < 1.29 is 9.59 Å². The molecular formula is C20H25N3O2. The smallest absolute Gasteiger partial charge is 0.227 e. The molecular weight excluding hydrogens is 314 g/mol. The van der Waals surface area contributed by atoms with E-state index < -0.39 is 0 Å². The number of carbonyl (C=O) groups excluding carboxylic acids is 2. The number of aryl methyl sites for hydroxylation is 1. The molecule has 2 aliphatic rings. The van der Waals surface area contributed by atoms with Gasteiger partial charge in [0, 0.05) is 49.7 Å². The molecule has 2 fully saturated rings. The Balaban J connectivity index is 1.40. The normalized spacial score (nSPS) is 20.8. The zero-order chi connectivity index (χ0) is 17.4. The maximum absolute atomic E-state index is 12.5. The molecule has 0 aliphatic carbocycles. The largest absolute Gasteiger partial charge is 0.361 e. The van der Waals surface area contributed by atoms with Crippen LogP contribution in [0.2, 0.25) is 0 Å². The van der Waals surface area contributed by atoms with Crippen molar-refractivity contribution in [1.82, 2.24) is 14.8 Å². The fraction of sp³-hybridized carbons (Fsp3) is 0.500. The molecule has 5 heteroatoms. The lowest BCUT2D eigenvalue weighted by Gasteiger charge is -2.20. The van der Waals surface area contributed by atoms with Crippen LogP contribution in [0.25, 0.3) is 10.9 Å². The minimum atomic E-state index is -0.143. The molecule has 25 heavy (non-hydrogen) atoms. The number of likely N-dealkylation sites (tertiary alicyclic amines) is 2. The Morgan fingerprint density at radius 3 is 2.88 bits per heavy atom. The van der Waals surface area contributed by atoms with E-state index in [9.17, 15) is 9.59 Å². The molecule has 0 spiro atoms. The Kier molecular flexibility index (Phi) is 4.24. The summed E-state index contributed by atoms with van der Waals surface area (Å²) in [5, 5.41) is 1.23. The topological polar surface area (TPSA) is 56.4 Å². The van der Waals surface area contributed by atoms with Crippen molar-refractivity contribution in [2.24, 2.45) is 5.92 Å². The van der Waals surface area contributed by atoms with E-state index in [1.807, 2.05) is 16.0 Å². The molecule has 1 atom stereocenters. The van der Waals surface area contributed by atoms with Gasteiger partial charge in [0.25, 0.3) is 0 Å². The van der Waals surface area contributed by atoms with Crippen LogP contribution in [0, 0.1) is 12.8 Å². The molecule has 0 radical (unpaired) electrons. The van der Waals surface area contributed by atoms with Gasteiger partial charge in [-0.1, -0.05) is 11.6 Å². The van der Waals surface area contributed by atoms with Crippen molar-refractivity contribution in [2.45, 2.75) is 32.6 Å². The summed E-state index contributed by atoms with van der Waals surface area (Å²) in [5.74, 6) is 0.153. The monoisotopic (exact) mass is 339 g/mol. The molecule has 3 heterocycles. The van der Waals surface area contributed by atoms with Crippen molar-refractivity contribution in [1.29, 1.82) is 0 Å². The van der Waals surface area contributed by atoms with E-state index in [0.717, 1.165) is 37.9 Å². The van der Waals surface area contributed by atoms with Gasteiger partial charge in [-0.15, -0.1) is 0 Å². The quantitative estimate of drug-likeness (QED) is 0.930. The van der Waals surface area contributed by atoms with Gasteiger partial charge in [-0.2, -0.15) is 0 Å². The highest BCUT2D eigenvalue weighted by Gasteiger charge is 2.36. The van der Waals surface area contributed by atoms with Crippen LogP contribution >= 0.6 is 0 Å². The second kappa shape index (κ2) is 6.54. The Labute approximate surface area is 148 Å². The summed E-state index contributed by atoms with van der Waals surface area (Å²) >= 11 is 0. The maximum Gasteiger partial charge on any atom is 0.227 e. The number of rotatable bonds is 4. The molecule has 1 aromatic carbocycles. The Morgan fingerprint density at radius 2 is 2.08 bits per heavy atom. The Bertz CT molecular complexity index is 804. The van der Waals surface area contributed by atoms with E-state index in [0.29, 0.717) is 19.5 Å². The molecule has 1 N–H and O–H groups in total. The van der Waals surface area contributed by atoms with Crippen molar-refractivity contribution >= 4 is 22.7 Å². The molecule has 2 aromatic rings. The standard InChI is InChI=1S/C20H25N3O2/c1-14-4-5-18-17(10-14)15(12-21-18)6-9-23-13-16(11-19(23)24)20(25)22-7-2-3-8-22/h4-5,10,12,16,21H,2-3,6-9,11,13H2,1H3/t16-/m0/s1. The first kappa shape index (κ1) is 16.2. The summed E-state index contributed by atoms with van der Waals surface area (Å²) in [7, 11) is 0. The summed E-state index contributed by atoms with van der Waals surface area (Å²) in [5.41, 5.74) is 3.61. The van der Waals surface area contributed by atoms with Crippen molar-refractivity contribution in [3.63, 3.8) is 0 Å². The average molecular weight is 339 g/mol. The number of carbonyl (C=O) groups is 2. The Hall–Kier alpha value is -2.30. The van der Waals surface area contributed by atoms with Crippen LogP contribution in [-0.4, -0.2) is 52.8 Å². The SMILES string of the molecule is Cc1ccc2[nH]cc(CCN3C[C@@H](C(=O)N4CCCC4)CC3=O)c2c1. The zero-order valence-electron chi connectivity index (χ0n) is 14.8. The van der Waals surface area contributed by atoms with Gasteiger partial charge in [0.2, 0.25) is 11.8 Å². The fourth-order valence-corrected chi connectivity index (χ4v) is 4.10. The third-order valence-electron chi connectivity index (χ3n) is 5.56. The lowest BCUT2D eigenvalue weighted by molar-refractivity contribution is -0.134. The van der Waals surface area contributed by atoms with Crippen LogP contribution in [0.1, 0.15) is 30.4 Å². The van der Waals surface area contributed by atoms with Gasteiger partial charge < -0.3 is 14.8 Å². The molecule has 5 nitrogen and oxygen atoms in total. The first-order chi connectivity index (χ1) is 12.1. The van der Waals surface area contributed by atoms with Crippen LogP contribution in [-0.2, 0) is 16.0 Å². The molecule has 1 aromatic heterocycles. The summed E-state index contributed by atoms with van der Waals surface area (Å²) < 4.78 is 0. The van der Waals surface area contributed by atoms with Crippen LogP contribution in [0.5, 0.6) is 0 Å². The number of hydrogen-bond acceptors (Lipinski definition) is 2. The van der Waals surface area contributed by atoms with Crippen molar-refractivity contribution in [3.05, 3.63) is 35.5 Å². The number of nitrogens with zero attached hydrogens (tertiary/aromatic N) is 2. The zero-order valence-corrected chi connectivity index (χ0v) is 14.8. The predicted molar refractivity (Wildman–Crippen MR) is 97.2 cm³/mol. The van der Waals surface area contributed by atoms with Gasteiger partial charge in [-0.3, -0.25) is 9.59 Å². The van der Waals surface area contributed by atoms with Crippen LogP contribution in [0.15, 0.2) is 24.4 Å². The van der Waals surface area contributed by atoms with Gasteiger partial charge in [-0.05, 0) is 43.9 Å². The first-order valence-electron chi connectivity index (χ1n) is 9.25. The summed E-state index contributed by atoms with van der Waals surface area (Å²) in [6.45, 7) is 5.07. The molecule has 2 saturated heterocycles.